The number of halogens is 1. The first-order valence-electron chi connectivity index (χ1n) is 8.43. The molecule has 1 N–H and O–H groups in total. The smallest absolute Gasteiger partial charge is 0.338 e. The second-order valence-corrected chi connectivity index (χ2v) is 6.99. The van der Waals surface area contributed by atoms with Crippen LogP contribution in [0.3, 0.4) is 0 Å². The molecule has 2 aromatic carbocycles. The second-order valence-electron chi connectivity index (χ2n) is 6.23. The first-order valence-corrected chi connectivity index (χ1v) is 9.95. The van der Waals surface area contributed by atoms with E-state index in [0.29, 0.717) is 11.1 Å². The Labute approximate surface area is 170 Å². The van der Waals surface area contributed by atoms with E-state index in [9.17, 15) is 14.7 Å². The molecule has 0 saturated carbocycles. The van der Waals surface area contributed by atoms with Gasteiger partial charge in [0.25, 0.3) is 0 Å². The van der Waals surface area contributed by atoms with Crippen molar-refractivity contribution in [2.75, 3.05) is 4.43 Å². The van der Waals surface area contributed by atoms with Crippen molar-refractivity contribution in [2.24, 2.45) is 0 Å². The minimum atomic E-state index is -1.74. The quantitative estimate of drug-likeness (QED) is 0.401. The van der Waals surface area contributed by atoms with E-state index in [1.165, 1.54) is 0 Å². The summed E-state index contributed by atoms with van der Waals surface area (Å²) in [6.07, 6.45) is -2.74. The van der Waals surface area contributed by atoms with Gasteiger partial charge in [-0.3, -0.25) is 0 Å². The molecule has 1 aliphatic heterocycles. The van der Waals surface area contributed by atoms with E-state index in [2.05, 4.69) is 0 Å². The van der Waals surface area contributed by atoms with Gasteiger partial charge in [0.15, 0.2) is 12.2 Å². The topological polar surface area (TPSA) is 82.1 Å². The maximum absolute atomic E-state index is 12.5. The zero-order valence-corrected chi connectivity index (χ0v) is 16.7. The van der Waals surface area contributed by atoms with E-state index in [1.54, 1.807) is 67.6 Å². The highest BCUT2D eigenvalue weighted by atomic mass is 127. The van der Waals surface area contributed by atoms with Gasteiger partial charge in [0.05, 0.1) is 21.7 Å². The first-order chi connectivity index (χ1) is 12.9. The summed E-state index contributed by atoms with van der Waals surface area (Å²) in [5.41, 5.74) is 0.698. The third kappa shape index (κ3) is 4.31. The molecule has 4 atom stereocenters. The molecule has 3 rings (SSSR count). The molecule has 0 amide bonds. The molecule has 2 aromatic rings. The van der Waals surface area contributed by atoms with Gasteiger partial charge in [-0.2, -0.15) is 0 Å². The number of esters is 2. The third-order valence-electron chi connectivity index (χ3n) is 4.28. The zero-order valence-electron chi connectivity index (χ0n) is 14.6. The van der Waals surface area contributed by atoms with Crippen LogP contribution < -0.4 is 0 Å². The van der Waals surface area contributed by atoms with Crippen molar-refractivity contribution >= 4 is 34.5 Å². The predicted octanol–water partition coefficient (Wildman–Crippen LogP) is 2.98. The fraction of sp³-hybridized carbons (Fsp3) is 0.300. The lowest BCUT2D eigenvalue weighted by Crippen LogP contribution is -2.48. The van der Waals surface area contributed by atoms with E-state index < -0.39 is 36.0 Å². The van der Waals surface area contributed by atoms with Gasteiger partial charge in [0, 0.05) is 0 Å². The number of hydrogen-bond donors (Lipinski definition) is 1. The molecule has 0 spiro atoms. The Morgan fingerprint density at radius 1 is 1.00 bits per heavy atom. The molecule has 1 fully saturated rings. The molecule has 142 valence electrons. The van der Waals surface area contributed by atoms with Gasteiger partial charge in [-0.05, 0) is 31.2 Å². The van der Waals surface area contributed by atoms with Crippen LogP contribution in [0.25, 0.3) is 0 Å². The van der Waals surface area contributed by atoms with Crippen LogP contribution in [0.1, 0.15) is 27.6 Å². The number of rotatable bonds is 5. The third-order valence-corrected chi connectivity index (χ3v) is 5.38. The predicted molar refractivity (Wildman–Crippen MR) is 106 cm³/mol. The van der Waals surface area contributed by atoms with Crippen LogP contribution in [0.2, 0.25) is 0 Å². The average Bonchev–Trinajstić information content (AvgIpc) is 2.93. The van der Waals surface area contributed by atoms with Crippen LogP contribution in [0.4, 0.5) is 0 Å². The maximum Gasteiger partial charge on any atom is 0.338 e. The Hall–Kier alpha value is -1.97. The number of hydrogen-bond acceptors (Lipinski definition) is 6. The number of aliphatic hydroxyl groups is 1. The summed E-state index contributed by atoms with van der Waals surface area (Å²) in [7, 11) is 0. The number of carbonyl (C=O) groups excluding carboxylic acids is 2. The molecule has 0 unspecified atom stereocenters. The summed E-state index contributed by atoms with van der Waals surface area (Å²) in [4.78, 5) is 24.9. The molecule has 0 radical (unpaired) electrons. The summed E-state index contributed by atoms with van der Waals surface area (Å²) in [5, 5.41) is 10.8. The van der Waals surface area contributed by atoms with E-state index in [-0.39, 0.29) is 4.43 Å². The van der Waals surface area contributed by atoms with E-state index in [0.717, 1.165) is 0 Å². The Morgan fingerprint density at radius 2 is 1.48 bits per heavy atom. The average molecular weight is 482 g/mol. The number of alkyl halides is 1. The van der Waals surface area contributed by atoms with E-state index in [1.807, 2.05) is 22.6 Å². The van der Waals surface area contributed by atoms with Gasteiger partial charge in [0.1, 0.15) is 0 Å². The Morgan fingerprint density at radius 3 is 1.96 bits per heavy atom. The lowest BCUT2D eigenvalue weighted by molar-refractivity contribution is -0.206. The van der Waals surface area contributed by atoms with Crippen LogP contribution in [-0.4, -0.2) is 45.6 Å². The molecule has 1 aliphatic rings. The highest BCUT2D eigenvalue weighted by Gasteiger charge is 2.57. The Balaban J connectivity index is 1.82. The molecule has 27 heavy (non-hydrogen) atoms. The van der Waals surface area contributed by atoms with E-state index in [4.69, 9.17) is 14.2 Å². The van der Waals surface area contributed by atoms with Crippen molar-refractivity contribution in [1.82, 2.24) is 0 Å². The molecule has 1 saturated heterocycles. The molecule has 0 bridgehead atoms. The molecule has 1 heterocycles. The van der Waals surface area contributed by atoms with Gasteiger partial charge in [-0.25, -0.2) is 9.59 Å². The molecular formula is C20H19IO6. The standard InChI is InChI=1S/C20H19IO6/c1-13-16(25-18(22)14-8-4-2-5-9-14)17(20(24,12-21)27-13)26-19(23)15-10-6-3-7-11-15/h2-11,13,16-17,24H,12H2,1H3/t13-,16-,17-,20+/m0/s1. The minimum absolute atomic E-state index is 0.140. The summed E-state index contributed by atoms with van der Waals surface area (Å²) in [6, 6.07) is 16.9. The van der Waals surface area contributed by atoms with Gasteiger partial charge >= 0.3 is 11.9 Å². The minimum Gasteiger partial charge on any atom is -0.452 e. The van der Waals surface area contributed by atoms with Gasteiger partial charge in [-0.15, -0.1) is 0 Å². The van der Waals surface area contributed by atoms with Gasteiger partial charge in [0.2, 0.25) is 5.79 Å². The van der Waals surface area contributed by atoms with Gasteiger partial charge in [-0.1, -0.05) is 59.0 Å². The molecular weight excluding hydrogens is 463 g/mol. The molecule has 0 aliphatic carbocycles. The largest absolute Gasteiger partial charge is 0.452 e. The van der Waals surface area contributed by atoms with Crippen LogP contribution in [0.5, 0.6) is 0 Å². The Bertz CT molecular complexity index is 797. The summed E-state index contributed by atoms with van der Waals surface area (Å²) >= 11 is 1.94. The van der Waals surface area contributed by atoms with Crippen molar-refractivity contribution in [3.05, 3.63) is 71.8 Å². The van der Waals surface area contributed by atoms with Crippen molar-refractivity contribution in [1.29, 1.82) is 0 Å². The SMILES string of the molecule is C[C@@H]1O[C@](O)(CI)[C@@H](OC(=O)c2ccccc2)[C@H]1OC(=O)c1ccccc1. The summed E-state index contributed by atoms with van der Waals surface area (Å²) < 4.78 is 16.8. The van der Waals surface area contributed by atoms with Gasteiger partial charge < -0.3 is 19.3 Å². The lowest BCUT2D eigenvalue weighted by atomic mass is 10.1. The normalized spacial score (nSPS) is 27.1. The first kappa shape index (κ1) is 19.8. The monoisotopic (exact) mass is 482 g/mol. The highest BCUT2D eigenvalue weighted by Crippen LogP contribution is 2.35. The van der Waals surface area contributed by atoms with Crippen LogP contribution >= 0.6 is 22.6 Å². The fourth-order valence-electron chi connectivity index (χ4n) is 2.91. The van der Waals surface area contributed by atoms with Crippen molar-refractivity contribution in [2.45, 2.75) is 31.0 Å². The lowest BCUT2D eigenvalue weighted by Gasteiger charge is -2.28. The van der Waals surface area contributed by atoms with Crippen molar-refractivity contribution < 1.29 is 28.9 Å². The second kappa shape index (κ2) is 8.37. The zero-order chi connectivity index (χ0) is 19.4. The summed E-state index contributed by atoms with van der Waals surface area (Å²) in [5.74, 6) is -2.94. The molecule has 0 aromatic heterocycles. The molecule has 6 nitrogen and oxygen atoms in total. The van der Waals surface area contributed by atoms with Crippen molar-refractivity contribution in [3.63, 3.8) is 0 Å². The highest BCUT2D eigenvalue weighted by molar-refractivity contribution is 14.1. The summed E-state index contributed by atoms with van der Waals surface area (Å²) in [6.45, 7) is 1.66. The molecule has 7 heteroatoms. The Kier molecular flexibility index (Phi) is 6.13. The maximum atomic E-state index is 12.5. The number of ether oxygens (including phenoxy) is 3. The van der Waals surface area contributed by atoms with Crippen LogP contribution in [-0.2, 0) is 14.2 Å². The van der Waals surface area contributed by atoms with Crippen molar-refractivity contribution in [3.8, 4) is 0 Å². The van der Waals surface area contributed by atoms with Crippen LogP contribution in [0.15, 0.2) is 60.7 Å². The number of benzene rings is 2. The number of carbonyl (C=O) groups is 2. The fourth-order valence-corrected chi connectivity index (χ4v) is 3.52. The van der Waals surface area contributed by atoms with E-state index >= 15 is 0 Å². The van der Waals surface area contributed by atoms with Crippen LogP contribution in [0, 0.1) is 0 Å².